The molecule has 1 aliphatic heterocycles. The van der Waals surface area contributed by atoms with Crippen LogP contribution in [-0.2, 0) is 9.59 Å². The highest BCUT2D eigenvalue weighted by Crippen LogP contribution is 2.39. The number of rotatable bonds is 7. The lowest BCUT2D eigenvalue weighted by Gasteiger charge is -2.28. The summed E-state index contributed by atoms with van der Waals surface area (Å²) in [5.41, 5.74) is 0.937. The topological polar surface area (TPSA) is 60.9 Å². The Bertz CT molecular complexity index is 953. The van der Waals surface area contributed by atoms with Crippen molar-refractivity contribution in [2.45, 2.75) is 19.9 Å². The van der Waals surface area contributed by atoms with Gasteiger partial charge in [-0.1, -0.05) is 37.6 Å². The van der Waals surface area contributed by atoms with Crippen molar-refractivity contribution in [2.75, 3.05) is 26.2 Å². The van der Waals surface area contributed by atoms with Crippen LogP contribution < -0.4 is 0 Å². The Labute approximate surface area is 180 Å². The van der Waals surface area contributed by atoms with Gasteiger partial charge in [0.25, 0.3) is 11.7 Å². The highest BCUT2D eigenvalue weighted by atomic mass is 35.5. The number of aliphatic hydroxyl groups is 1. The smallest absolute Gasteiger partial charge is 0.295 e. The van der Waals surface area contributed by atoms with Gasteiger partial charge in [0.15, 0.2) is 0 Å². The molecule has 5 nitrogen and oxygen atoms in total. The molecule has 7 heteroatoms. The van der Waals surface area contributed by atoms with Crippen molar-refractivity contribution in [3.8, 4) is 0 Å². The molecule has 3 rings (SSSR count). The second-order valence-electron chi connectivity index (χ2n) is 7.08. The quantitative estimate of drug-likeness (QED) is 0.405. The minimum atomic E-state index is -0.795. The number of aliphatic hydroxyl groups excluding tert-OH is 1. The number of nitrogens with zero attached hydrogens (tertiary/aromatic N) is 2. The molecule has 0 radical (unpaired) electrons. The third kappa shape index (κ3) is 4.40. The standard InChI is InChI=1S/C23H24ClFN2O3/c1-3-26(4-2)13-14-27-20(15-7-11-18(25)12-8-15)19(22(29)23(27)30)21(28)16-5-9-17(24)10-6-16/h5-12,20,28H,3-4,13-14H2,1-2H3/b21-19+/t20-/m1/s1. The second-order valence-corrected chi connectivity index (χ2v) is 7.51. The molecule has 1 amide bonds. The molecule has 0 aliphatic carbocycles. The van der Waals surface area contributed by atoms with E-state index in [9.17, 15) is 19.1 Å². The third-order valence-corrected chi connectivity index (χ3v) is 5.65. The number of ketones is 1. The monoisotopic (exact) mass is 430 g/mol. The zero-order chi connectivity index (χ0) is 21.8. The van der Waals surface area contributed by atoms with Gasteiger partial charge in [0.2, 0.25) is 0 Å². The van der Waals surface area contributed by atoms with E-state index >= 15 is 0 Å². The average molecular weight is 431 g/mol. The number of hydrogen-bond acceptors (Lipinski definition) is 4. The van der Waals surface area contributed by atoms with Crippen molar-refractivity contribution in [1.82, 2.24) is 9.80 Å². The average Bonchev–Trinajstić information content (AvgIpc) is 3.00. The Balaban J connectivity index is 2.08. The minimum absolute atomic E-state index is 0.00604. The summed E-state index contributed by atoms with van der Waals surface area (Å²) in [4.78, 5) is 29.4. The van der Waals surface area contributed by atoms with Crippen molar-refractivity contribution >= 4 is 29.1 Å². The molecule has 0 aromatic heterocycles. The molecule has 0 saturated carbocycles. The van der Waals surface area contributed by atoms with Crippen molar-refractivity contribution in [2.24, 2.45) is 0 Å². The molecule has 1 heterocycles. The van der Waals surface area contributed by atoms with Crippen LogP contribution in [-0.4, -0.2) is 52.8 Å². The number of likely N-dealkylation sites (tertiary alicyclic amines) is 1. The lowest BCUT2D eigenvalue weighted by Crippen LogP contribution is -2.38. The highest BCUT2D eigenvalue weighted by molar-refractivity contribution is 6.46. The van der Waals surface area contributed by atoms with Gasteiger partial charge >= 0.3 is 0 Å². The molecular formula is C23H24ClFN2O3. The zero-order valence-corrected chi connectivity index (χ0v) is 17.7. The number of hydrogen-bond donors (Lipinski definition) is 1. The summed E-state index contributed by atoms with van der Waals surface area (Å²) in [6.07, 6.45) is 0. The van der Waals surface area contributed by atoms with Gasteiger partial charge in [-0.15, -0.1) is 0 Å². The van der Waals surface area contributed by atoms with E-state index in [0.717, 1.165) is 13.1 Å². The Morgan fingerprint density at radius 1 is 1.07 bits per heavy atom. The summed E-state index contributed by atoms with van der Waals surface area (Å²) in [7, 11) is 0. The van der Waals surface area contributed by atoms with E-state index in [1.54, 1.807) is 24.3 Å². The van der Waals surface area contributed by atoms with Crippen molar-refractivity contribution in [3.63, 3.8) is 0 Å². The third-order valence-electron chi connectivity index (χ3n) is 5.39. The van der Waals surface area contributed by atoms with Crippen LogP contribution >= 0.6 is 11.6 Å². The molecule has 0 spiro atoms. The number of benzene rings is 2. The van der Waals surface area contributed by atoms with Gasteiger partial charge in [0.1, 0.15) is 11.6 Å². The van der Waals surface area contributed by atoms with Crippen LogP contribution in [0.15, 0.2) is 54.1 Å². The largest absolute Gasteiger partial charge is 0.507 e. The fraction of sp³-hybridized carbons (Fsp3) is 0.304. The molecule has 1 atom stereocenters. The first-order chi connectivity index (χ1) is 14.4. The number of likely N-dealkylation sites (N-methyl/N-ethyl adjacent to an activating group) is 1. The zero-order valence-electron chi connectivity index (χ0n) is 16.9. The van der Waals surface area contributed by atoms with Crippen LogP contribution in [0.5, 0.6) is 0 Å². The Kier molecular flexibility index (Phi) is 6.90. The minimum Gasteiger partial charge on any atom is -0.507 e. The van der Waals surface area contributed by atoms with Crippen molar-refractivity contribution in [3.05, 3.63) is 76.1 Å². The van der Waals surface area contributed by atoms with E-state index in [-0.39, 0.29) is 11.3 Å². The summed E-state index contributed by atoms with van der Waals surface area (Å²) in [5, 5.41) is 11.4. The van der Waals surface area contributed by atoms with Crippen LogP contribution in [0.3, 0.4) is 0 Å². The predicted octanol–water partition coefficient (Wildman–Crippen LogP) is 4.24. The van der Waals surface area contributed by atoms with E-state index < -0.39 is 23.5 Å². The number of Topliss-reactive ketones (excluding diaryl/α,β-unsaturated/α-hetero) is 1. The Morgan fingerprint density at radius 3 is 2.23 bits per heavy atom. The van der Waals surface area contributed by atoms with Crippen molar-refractivity contribution in [1.29, 1.82) is 0 Å². The molecule has 1 N–H and O–H groups in total. The first kappa shape index (κ1) is 22.0. The van der Waals surface area contributed by atoms with Crippen LogP contribution in [0.2, 0.25) is 5.02 Å². The summed E-state index contributed by atoms with van der Waals surface area (Å²) in [5.74, 6) is -2.12. The van der Waals surface area contributed by atoms with Gasteiger partial charge in [0, 0.05) is 23.7 Å². The molecule has 1 saturated heterocycles. The first-order valence-electron chi connectivity index (χ1n) is 9.89. The van der Waals surface area contributed by atoms with Gasteiger partial charge < -0.3 is 14.9 Å². The molecule has 158 valence electrons. The van der Waals surface area contributed by atoms with Gasteiger partial charge in [-0.3, -0.25) is 9.59 Å². The first-order valence-corrected chi connectivity index (χ1v) is 10.3. The van der Waals surface area contributed by atoms with Crippen LogP contribution in [0.25, 0.3) is 5.76 Å². The molecular weight excluding hydrogens is 407 g/mol. The molecule has 2 aromatic carbocycles. The Morgan fingerprint density at radius 2 is 1.67 bits per heavy atom. The van der Waals surface area contributed by atoms with E-state index in [2.05, 4.69) is 4.90 Å². The molecule has 1 fully saturated rings. The molecule has 2 aromatic rings. The number of amides is 1. The van der Waals surface area contributed by atoms with Crippen molar-refractivity contribution < 1.29 is 19.1 Å². The number of carbonyl (C=O) groups is 2. The van der Waals surface area contributed by atoms with Gasteiger partial charge in [0.05, 0.1) is 11.6 Å². The second kappa shape index (κ2) is 9.41. The normalized spacial score (nSPS) is 18.4. The molecule has 0 unspecified atom stereocenters. The number of carbonyl (C=O) groups excluding carboxylic acids is 2. The fourth-order valence-electron chi connectivity index (χ4n) is 3.65. The van der Waals surface area contributed by atoms with Gasteiger partial charge in [-0.2, -0.15) is 0 Å². The summed E-state index contributed by atoms with van der Waals surface area (Å²) in [6, 6.07) is 11.2. The van der Waals surface area contributed by atoms with E-state index in [4.69, 9.17) is 11.6 Å². The predicted molar refractivity (Wildman–Crippen MR) is 115 cm³/mol. The summed E-state index contributed by atoms with van der Waals surface area (Å²) in [6.45, 7) is 6.56. The van der Waals surface area contributed by atoms with E-state index in [1.165, 1.54) is 29.2 Å². The van der Waals surface area contributed by atoms with Crippen LogP contribution in [0, 0.1) is 5.82 Å². The molecule has 0 bridgehead atoms. The molecule has 1 aliphatic rings. The van der Waals surface area contributed by atoms with E-state index in [1.807, 2.05) is 13.8 Å². The van der Waals surface area contributed by atoms with Gasteiger partial charge in [-0.05, 0) is 55.1 Å². The fourth-order valence-corrected chi connectivity index (χ4v) is 3.78. The lowest BCUT2D eigenvalue weighted by molar-refractivity contribution is -0.140. The SMILES string of the molecule is CCN(CC)CCN1C(=O)C(=O)/C(=C(/O)c2ccc(Cl)cc2)[C@H]1c1ccc(F)cc1. The maximum atomic E-state index is 13.5. The molecule has 30 heavy (non-hydrogen) atoms. The Hall–Kier alpha value is -2.70. The highest BCUT2D eigenvalue weighted by Gasteiger charge is 2.45. The summed E-state index contributed by atoms with van der Waals surface area (Å²) < 4.78 is 13.5. The van der Waals surface area contributed by atoms with Gasteiger partial charge in [-0.25, -0.2) is 4.39 Å². The maximum Gasteiger partial charge on any atom is 0.295 e. The van der Waals surface area contributed by atoms with Crippen LogP contribution in [0.4, 0.5) is 4.39 Å². The van der Waals surface area contributed by atoms with E-state index in [0.29, 0.717) is 29.2 Å². The number of halogens is 2. The maximum absolute atomic E-state index is 13.5. The summed E-state index contributed by atoms with van der Waals surface area (Å²) >= 11 is 5.92. The lowest BCUT2D eigenvalue weighted by atomic mass is 9.95. The van der Waals surface area contributed by atoms with Crippen LogP contribution in [0.1, 0.15) is 31.0 Å².